The molecule has 1 unspecified atom stereocenters. The molecule has 5 fully saturated rings. The Kier molecular flexibility index (Phi) is 8.91. The molecular formula is C39H58N2O5. The van der Waals surface area contributed by atoms with Crippen LogP contribution in [0.1, 0.15) is 122 Å². The lowest BCUT2D eigenvalue weighted by atomic mass is 9.44. The molecule has 4 aliphatic carbocycles. The van der Waals surface area contributed by atoms with E-state index in [9.17, 15) is 14.4 Å². The van der Waals surface area contributed by atoms with Crippen LogP contribution < -0.4 is 0 Å². The van der Waals surface area contributed by atoms with Crippen LogP contribution in [0.15, 0.2) is 24.3 Å². The SMILES string of the molecule is CCN(CC)CC(CN1C[C@]2(CC[C@@]3(C)[C@@H](CC[C@@H]4[C@@H]3CC[C@]3(C)C(=O)CC[C@@H]43)C2)OC1=O)OC(=O)c1ccc(C(C)(C)C)cc1. The molecule has 254 valence electrons. The third kappa shape index (κ3) is 5.92. The van der Waals surface area contributed by atoms with Crippen molar-refractivity contribution in [2.24, 2.45) is 34.5 Å². The highest BCUT2D eigenvalue weighted by molar-refractivity contribution is 5.89. The van der Waals surface area contributed by atoms with Gasteiger partial charge >= 0.3 is 12.1 Å². The molecule has 0 N–H and O–H groups in total. The molecule has 1 amide bonds. The molecule has 1 aliphatic heterocycles. The van der Waals surface area contributed by atoms with Gasteiger partial charge in [-0.15, -0.1) is 0 Å². The number of hydrogen-bond donors (Lipinski definition) is 0. The van der Waals surface area contributed by atoms with Gasteiger partial charge in [0.25, 0.3) is 0 Å². The minimum atomic E-state index is -0.465. The standard InChI is InChI=1S/C39H58N2O5/c1-8-40(9-2)23-29(45-34(43)26-10-12-27(13-11-26)36(3,4)5)24-41-25-39(46-35(41)44)21-20-37(6)28(22-39)14-15-30-31-16-17-33(42)38(31,7)19-18-32(30)37/h10-13,28-32H,8-9,14-25H2,1-7H3/t28-,29?,30-,31-,32-,37-,38-,39+/m0/s1. The number of hydrogen-bond acceptors (Lipinski definition) is 6. The van der Waals surface area contributed by atoms with Gasteiger partial charge in [0.2, 0.25) is 0 Å². The molecule has 4 saturated carbocycles. The van der Waals surface area contributed by atoms with E-state index in [1.165, 1.54) is 12.0 Å². The highest BCUT2D eigenvalue weighted by Crippen LogP contribution is 2.66. The number of benzene rings is 1. The number of carbonyl (C=O) groups is 3. The third-order valence-corrected chi connectivity index (χ3v) is 13.6. The predicted octanol–water partition coefficient (Wildman–Crippen LogP) is 7.65. The van der Waals surface area contributed by atoms with Gasteiger partial charge in [-0.3, -0.25) is 4.79 Å². The first kappa shape index (κ1) is 33.5. The molecule has 6 rings (SSSR count). The second-order valence-electron chi connectivity index (χ2n) is 17.1. The summed E-state index contributed by atoms with van der Waals surface area (Å²) in [7, 11) is 0. The normalized spacial score (nSPS) is 36.3. The average Bonchev–Trinajstić information content (AvgIpc) is 3.49. The van der Waals surface area contributed by atoms with Crippen LogP contribution in [0.5, 0.6) is 0 Å². The molecule has 1 aromatic carbocycles. The monoisotopic (exact) mass is 634 g/mol. The maximum Gasteiger partial charge on any atom is 0.410 e. The quantitative estimate of drug-likeness (QED) is 0.274. The Bertz CT molecular complexity index is 1320. The van der Waals surface area contributed by atoms with E-state index in [0.29, 0.717) is 54.7 Å². The van der Waals surface area contributed by atoms with Crippen molar-refractivity contribution in [2.45, 2.75) is 123 Å². The predicted molar refractivity (Wildman–Crippen MR) is 180 cm³/mol. The van der Waals surface area contributed by atoms with Gasteiger partial charge in [0.15, 0.2) is 0 Å². The summed E-state index contributed by atoms with van der Waals surface area (Å²) in [6.45, 7) is 18.6. The van der Waals surface area contributed by atoms with E-state index in [2.05, 4.69) is 53.4 Å². The molecule has 7 heteroatoms. The third-order valence-electron chi connectivity index (χ3n) is 13.6. The van der Waals surface area contributed by atoms with E-state index >= 15 is 0 Å². The van der Waals surface area contributed by atoms with Crippen molar-refractivity contribution in [2.75, 3.05) is 32.7 Å². The second kappa shape index (κ2) is 12.2. The Balaban J connectivity index is 1.13. The molecular weight excluding hydrogens is 576 g/mol. The lowest BCUT2D eigenvalue weighted by molar-refractivity contribution is -0.149. The minimum absolute atomic E-state index is 0.00386. The maximum atomic E-state index is 13.5. The van der Waals surface area contributed by atoms with Crippen LogP contribution in [0.2, 0.25) is 0 Å². The molecule has 1 aromatic rings. The topological polar surface area (TPSA) is 76.2 Å². The molecule has 5 aliphatic rings. The first-order chi connectivity index (χ1) is 21.7. The van der Waals surface area contributed by atoms with Crippen molar-refractivity contribution < 1.29 is 23.9 Å². The summed E-state index contributed by atoms with van der Waals surface area (Å²) in [4.78, 5) is 43.7. The van der Waals surface area contributed by atoms with E-state index in [-0.39, 0.29) is 28.3 Å². The Morgan fingerprint density at radius 2 is 1.72 bits per heavy atom. The van der Waals surface area contributed by atoms with Gasteiger partial charge in [0.1, 0.15) is 17.5 Å². The van der Waals surface area contributed by atoms with Crippen molar-refractivity contribution in [1.29, 1.82) is 0 Å². The highest BCUT2D eigenvalue weighted by atomic mass is 16.6. The van der Waals surface area contributed by atoms with Gasteiger partial charge in [0, 0.05) is 18.4 Å². The van der Waals surface area contributed by atoms with Crippen molar-refractivity contribution >= 4 is 17.8 Å². The van der Waals surface area contributed by atoms with Gasteiger partial charge in [-0.2, -0.15) is 0 Å². The van der Waals surface area contributed by atoms with Crippen molar-refractivity contribution in [3.8, 4) is 0 Å². The van der Waals surface area contributed by atoms with Crippen LogP contribution in [0.25, 0.3) is 0 Å². The number of ether oxygens (including phenoxy) is 2. The molecule has 8 atom stereocenters. The zero-order chi connectivity index (χ0) is 33.1. The molecule has 1 saturated heterocycles. The van der Waals surface area contributed by atoms with Crippen molar-refractivity contribution in [3.05, 3.63) is 35.4 Å². The summed E-state index contributed by atoms with van der Waals surface area (Å²) in [5.74, 6) is 2.55. The molecule has 1 spiro atoms. The van der Waals surface area contributed by atoms with E-state index in [0.717, 1.165) is 64.5 Å². The summed E-state index contributed by atoms with van der Waals surface area (Å²) < 4.78 is 12.5. The molecule has 7 nitrogen and oxygen atoms in total. The van der Waals surface area contributed by atoms with Gasteiger partial charge in [-0.1, -0.05) is 60.6 Å². The van der Waals surface area contributed by atoms with Crippen LogP contribution in [-0.2, 0) is 19.7 Å². The Morgan fingerprint density at radius 3 is 2.39 bits per heavy atom. The van der Waals surface area contributed by atoms with Gasteiger partial charge in [0.05, 0.1) is 18.7 Å². The molecule has 0 radical (unpaired) electrons. The molecule has 0 bridgehead atoms. The number of amides is 1. The van der Waals surface area contributed by atoms with Crippen LogP contribution in [0.3, 0.4) is 0 Å². The summed E-state index contributed by atoms with van der Waals surface area (Å²) in [5.41, 5.74) is 1.39. The summed E-state index contributed by atoms with van der Waals surface area (Å²) in [6, 6.07) is 7.70. The lowest BCUT2D eigenvalue weighted by Crippen LogP contribution is -2.56. The van der Waals surface area contributed by atoms with Gasteiger partial charge in [-0.05, 0) is 117 Å². The largest absolute Gasteiger partial charge is 0.456 e. The number of esters is 1. The number of nitrogens with zero attached hydrogens (tertiary/aromatic N) is 2. The maximum absolute atomic E-state index is 13.5. The fourth-order valence-electron chi connectivity index (χ4n) is 10.6. The lowest BCUT2D eigenvalue weighted by Gasteiger charge is -2.61. The number of rotatable bonds is 8. The van der Waals surface area contributed by atoms with E-state index in [1.54, 1.807) is 0 Å². The summed E-state index contributed by atoms with van der Waals surface area (Å²) >= 11 is 0. The first-order valence-corrected chi connectivity index (χ1v) is 18.3. The fourth-order valence-corrected chi connectivity index (χ4v) is 10.6. The smallest absolute Gasteiger partial charge is 0.410 e. The average molecular weight is 635 g/mol. The number of ketones is 1. The van der Waals surface area contributed by atoms with E-state index in [1.807, 2.05) is 29.2 Å². The fraction of sp³-hybridized carbons (Fsp3) is 0.769. The molecule has 0 aromatic heterocycles. The Hall–Kier alpha value is -2.41. The molecule has 46 heavy (non-hydrogen) atoms. The first-order valence-electron chi connectivity index (χ1n) is 18.3. The Labute approximate surface area is 277 Å². The number of carbonyl (C=O) groups excluding carboxylic acids is 3. The van der Waals surface area contributed by atoms with Crippen LogP contribution in [0, 0.1) is 34.5 Å². The number of fused-ring (bicyclic) bond motifs is 5. The zero-order valence-electron chi connectivity index (χ0n) is 29.5. The Morgan fingerprint density at radius 1 is 1.00 bits per heavy atom. The number of likely N-dealkylation sites (N-methyl/N-ethyl adjacent to an activating group) is 1. The molecule has 1 heterocycles. The highest BCUT2D eigenvalue weighted by Gasteiger charge is 2.63. The second-order valence-corrected chi connectivity index (χ2v) is 17.1. The van der Waals surface area contributed by atoms with E-state index in [4.69, 9.17) is 9.47 Å². The van der Waals surface area contributed by atoms with Crippen LogP contribution in [0.4, 0.5) is 4.79 Å². The van der Waals surface area contributed by atoms with Crippen LogP contribution >= 0.6 is 0 Å². The summed E-state index contributed by atoms with van der Waals surface area (Å²) in [5, 5.41) is 0. The number of Topliss-reactive ketones (excluding diaryl/α,β-unsaturated/α-hetero) is 1. The van der Waals surface area contributed by atoms with Crippen molar-refractivity contribution in [3.63, 3.8) is 0 Å². The summed E-state index contributed by atoms with van der Waals surface area (Å²) in [6.07, 6.45) is 8.55. The van der Waals surface area contributed by atoms with Gasteiger partial charge in [-0.25, -0.2) is 9.59 Å². The zero-order valence-corrected chi connectivity index (χ0v) is 29.5. The minimum Gasteiger partial charge on any atom is -0.456 e. The van der Waals surface area contributed by atoms with Gasteiger partial charge < -0.3 is 19.3 Å². The van der Waals surface area contributed by atoms with E-state index < -0.39 is 11.7 Å². The van der Waals surface area contributed by atoms with Crippen molar-refractivity contribution in [1.82, 2.24) is 9.80 Å². The van der Waals surface area contributed by atoms with Crippen LogP contribution in [-0.4, -0.2) is 72.1 Å².